The number of nitrogens with one attached hydrogen (secondary N) is 1. The lowest BCUT2D eigenvalue weighted by Crippen LogP contribution is -2.26. The van der Waals surface area contributed by atoms with Crippen molar-refractivity contribution in [3.05, 3.63) is 33.9 Å². The Morgan fingerprint density at radius 2 is 1.93 bits per heavy atom. The summed E-state index contributed by atoms with van der Waals surface area (Å²) in [4.78, 5) is 10.5. The highest BCUT2D eigenvalue weighted by Gasteiger charge is 2.18. The van der Waals surface area contributed by atoms with Crippen LogP contribution < -0.4 is 5.32 Å². The molecule has 0 spiro atoms. The molecule has 82 valence electrons. The summed E-state index contributed by atoms with van der Waals surface area (Å²) in [6.45, 7) is 7.75. The average Bonchev–Trinajstić information content (AvgIpc) is 2.05. The molecule has 0 radical (unpaired) electrons. The molecule has 0 atom stereocenters. The highest BCUT2D eigenvalue weighted by Crippen LogP contribution is 2.27. The van der Waals surface area contributed by atoms with Crippen molar-refractivity contribution in [1.82, 2.24) is 0 Å². The monoisotopic (exact) mass is 208 g/mol. The average molecular weight is 208 g/mol. The van der Waals surface area contributed by atoms with Gasteiger partial charge in [-0.3, -0.25) is 10.1 Å². The van der Waals surface area contributed by atoms with Gasteiger partial charge in [-0.1, -0.05) is 6.07 Å². The van der Waals surface area contributed by atoms with Crippen molar-refractivity contribution < 1.29 is 4.92 Å². The maximum atomic E-state index is 10.8. The third-order valence-corrected chi connectivity index (χ3v) is 1.86. The lowest BCUT2D eigenvalue weighted by atomic mass is 10.1. The maximum absolute atomic E-state index is 10.8. The number of hydrogen-bond acceptors (Lipinski definition) is 3. The highest BCUT2D eigenvalue weighted by molar-refractivity contribution is 5.63. The number of nitrogens with zero attached hydrogens (tertiary/aromatic N) is 1. The molecular weight excluding hydrogens is 192 g/mol. The van der Waals surface area contributed by atoms with E-state index < -0.39 is 0 Å². The first-order valence-corrected chi connectivity index (χ1v) is 4.83. The van der Waals surface area contributed by atoms with Gasteiger partial charge in [0, 0.05) is 11.6 Å². The molecular formula is C11H16N2O2. The number of nitro groups is 1. The molecule has 0 saturated carbocycles. The first-order valence-electron chi connectivity index (χ1n) is 4.83. The van der Waals surface area contributed by atoms with Crippen molar-refractivity contribution in [2.45, 2.75) is 33.2 Å². The summed E-state index contributed by atoms with van der Waals surface area (Å²) in [5, 5.41) is 13.9. The van der Waals surface area contributed by atoms with Crippen molar-refractivity contribution in [3.8, 4) is 0 Å². The van der Waals surface area contributed by atoms with E-state index in [1.165, 1.54) is 0 Å². The Morgan fingerprint density at radius 3 is 2.40 bits per heavy atom. The van der Waals surface area contributed by atoms with Crippen LogP contribution in [0.3, 0.4) is 0 Å². The van der Waals surface area contributed by atoms with Crippen LogP contribution >= 0.6 is 0 Å². The van der Waals surface area contributed by atoms with Crippen molar-refractivity contribution in [2.24, 2.45) is 0 Å². The molecule has 0 aromatic heterocycles. The third-order valence-electron chi connectivity index (χ3n) is 1.86. The Labute approximate surface area is 89.5 Å². The minimum atomic E-state index is -0.360. The normalized spacial score (nSPS) is 11.2. The summed E-state index contributed by atoms with van der Waals surface area (Å²) < 4.78 is 0. The van der Waals surface area contributed by atoms with E-state index in [0.29, 0.717) is 5.69 Å². The van der Waals surface area contributed by atoms with E-state index in [0.717, 1.165) is 5.56 Å². The first kappa shape index (κ1) is 11.5. The van der Waals surface area contributed by atoms with E-state index in [9.17, 15) is 10.1 Å². The molecule has 0 aliphatic rings. The number of anilines is 1. The lowest BCUT2D eigenvalue weighted by Gasteiger charge is -2.21. The lowest BCUT2D eigenvalue weighted by molar-refractivity contribution is -0.384. The Hall–Kier alpha value is -1.58. The van der Waals surface area contributed by atoms with E-state index in [4.69, 9.17) is 0 Å². The molecule has 4 nitrogen and oxygen atoms in total. The summed E-state index contributed by atoms with van der Waals surface area (Å²) in [6, 6.07) is 5.19. The molecule has 0 heterocycles. The maximum Gasteiger partial charge on any atom is 0.292 e. The summed E-state index contributed by atoms with van der Waals surface area (Å²) in [7, 11) is 0. The van der Waals surface area contributed by atoms with E-state index >= 15 is 0 Å². The van der Waals surface area contributed by atoms with Gasteiger partial charge < -0.3 is 5.32 Å². The van der Waals surface area contributed by atoms with E-state index in [1.54, 1.807) is 12.1 Å². The van der Waals surface area contributed by atoms with Crippen LogP contribution in [0.25, 0.3) is 0 Å². The number of benzene rings is 1. The number of nitro benzene ring substituents is 1. The van der Waals surface area contributed by atoms with Gasteiger partial charge in [0.2, 0.25) is 0 Å². The predicted octanol–water partition coefficient (Wildman–Crippen LogP) is 3.11. The van der Waals surface area contributed by atoms with E-state index in [1.807, 2.05) is 33.8 Å². The Bertz CT molecular complexity index is 381. The molecule has 4 heteroatoms. The highest BCUT2D eigenvalue weighted by atomic mass is 16.6. The fraction of sp³-hybridized carbons (Fsp3) is 0.455. The van der Waals surface area contributed by atoms with Gasteiger partial charge >= 0.3 is 0 Å². The van der Waals surface area contributed by atoms with Gasteiger partial charge in [-0.15, -0.1) is 0 Å². The van der Waals surface area contributed by atoms with Crippen molar-refractivity contribution in [2.75, 3.05) is 5.32 Å². The van der Waals surface area contributed by atoms with Gasteiger partial charge in [-0.05, 0) is 39.3 Å². The van der Waals surface area contributed by atoms with Crippen LogP contribution in [-0.4, -0.2) is 10.5 Å². The van der Waals surface area contributed by atoms with Crippen molar-refractivity contribution >= 4 is 11.4 Å². The van der Waals surface area contributed by atoms with Crippen LogP contribution in [0.15, 0.2) is 18.2 Å². The second kappa shape index (κ2) is 3.88. The van der Waals surface area contributed by atoms with Gasteiger partial charge in [0.1, 0.15) is 5.69 Å². The third kappa shape index (κ3) is 3.23. The molecule has 0 unspecified atom stereocenters. The molecule has 1 aromatic carbocycles. The van der Waals surface area contributed by atoms with Crippen LogP contribution in [0.4, 0.5) is 11.4 Å². The zero-order valence-electron chi connectivity index (χ0n) is 9.50. The molecule has 0 bridgehead atoms. The second-order valence-electron chi connectivity index (χ2n) is 4.65. The topological polar surface area (TPSA) is 55.2 Å². The first-order chi connectivity index (χ1) is 6.79. The largest absolute Gasteiger partial charge is 0.375 e. The fourth-order valence-corrected chi connectivity index (χ4v) is 1.30. The molecule has 15 heavy (non-hydrogen) atoms. The molecule has 1 aromatic rings. The van der Waals surface area contributed by atoms with Crippen LogP contribution in [-0.2, 0) is 0 Å². The molecule has 1 N–H and O–H groups in total. The number of aryl methyl sites for hydroxylation is 1. The van der Waals surface area contributed by atoms with Gasteiger partial charge in [0.15, 0.2) is 0 Å². The van der Waals surface area contributed by atoms with Crippen LogP contribution in [0.1, 0.15) is 26.3 Å². The van der Waals surface area contributed by atoms with Gasteiger partial charge in [0.25, 0.3) is 5.69 Å². The molecule has 1 rings (SSSR count). The molecule has 0 fully saturated rings. The Kier molecular flexibility index (Phi) is 2.98. The van der Waals surface area contributed by atoms with Gasteiger partial charge in [-0.25, -0.2) is 0 Å². The minimum Gasteiger partial charge on any atom is -0.375 e. The summed E-state index contributed by atoms with van der Waals surface area (Å²) in [5.41, 5.74) is 1.41. The van der Waals surface area contributed by atoms with Crippen molar-refractivity contribution in [1.29, 1.82) is 0 Å². The number of hydrogen-bond donors (Lipinski definition) is 1. The Morgan fingerprint density at radius 1 is 1.33 bits per heavy atom. The van der Waals surface area contributed by atoms with Crippen LogP contribution in [0.2, 0.25) is 0 Å². The smallest absolute Gasteiger partial charge is 0.292 e. The second-order valence-corrected chi connectivity index (χ2v) is 4.65. The summed E-state index contributed by atoms with van der Waals surface area (Å²) in [5.74, 6) is 0. The van der Waals surface area contributed by atoms with E-state index in [-0.39, 0.29) is 16.1 Å². The van der Waals surface area contributed by atoms with Gasteiger partial charge in [0.05, 0.1) is 4.92 Å². The van der Waals surface area contributed by atoms with Crippen molar-refractivity contribution in [3.63, 3.8) is 0 Å². The zero-order chi connectivity index (χ0) is 11.6. The zero-order valence-corrected chi connectivity index (χ0v) is 9.50. The SMILES string of the molecule is Cc1ccc(NC(C)(C)C)c([N+](=O)[O-])c1. The standard InChI is InChI=1S/C11H16N2O2/c1-8-5-6-9(12-11(2,3)4)10(7-8)13(14)15/h5-7,12H,1-4H3. The fourth-order valence-electron chi connectivity index (χ4n) is 1.30. The number of rotatable bonds is 2. The van der Waals surface area contributed by atoms with Gasteiger partial charge in [-0.2, -0.15) is 0 Å². The molecule has 0 saturated heterocycles. The van der Waals surface area contributed by atoms with E-state index in [2.05, 4.69) is 5.32 Å². The predicted molar refractivity (Wildman–Crippen MR) is 61.2 cm³/mol. The molecule has 0 aliphatic carbocycles. The van der Waals surface area contributed by atoms with Crippen LogP contribution in [0, 0.1) is 17.0 Å². The molecule has 0 aliphatic heterocycles. The minimum absolute atomic E-state index is 0.130. The summed E-state index contributed by atoms with van der Waals surface area (Å²) in [6.07, 6.45) is 0. The Balaban J connectivity index is 3.12. The molecule has 0 amide bonds. The quantitative estimate of drug-likeness (QED) is 0.600. The van der Waals surface area contributed by atoms with Crippen LogP contribution in [0.5, 0.6) is 0 Å². The summed E-state index contributed by atoms with van der Waals surface area (Å²) >= 11 is 0.